The van der Waals surface area contributed by atoms with Gasteiger partial charge in [-0.05, 0) is 37.1 Å². The molecule has 1 aromatic heterocycles. The minimum Gasteiger partial charge on any atom is -0.550 e. The van der Waals surface area contributed by atoms with Crippen molar-refractivity contribution in [1.29, 1.82) is 0 Å². The molecule has 176 valence electrons. The van der Waals surface area contributed by atoms with Crippen LogP contribution in [0.2, 0.25) is 0 Å². The van der Waals surface area contributed by atoms with Crippen molar-refractivity contribution in [3.05, 3.63) is 40.2 Å². The van der Waals surface area contributed by atoms with E-state index >= 15 is 0 Å². The van der Waals surface area contributed by atoms with Crippen molar-refractivity contribution in [3.8, 4) is 0 Å². The fourth-order valence-electron chi connectivity index (χ4n) is 3.41. The van der Waals surface area contributed by atoms with Gasteiger partial charge in [-0.1, -0.05) is 0 Å². The third kappa shape index (κ3) is 8.12. The van der Waals surface area contributed by atoms with Gasteiger partial charge in [0.05, 0.1) is 18.1 Å². The topological polar surface area (TPSA) is 208 Å². The summed E-state index contributed by atoms with van der Waals surface area (Å²) in [6, 6.07) is 4.75. The summed E-state index contributed by atoms with van der Waals surface area (Å²) in [6.07, 6.45) is -0.862. The molecule has 2 aromatic rings. The van der Waals surface area contributed by atoms with Crippen LogP contribution in [0, 0.1) is 0 Å². The van der Waals surface area contributed by atoms with E-state index in [1.165, 1.54) is 12.1 Å². The van der Waals surface area contributed by atoms with Gasteiger partial charge in [-0.3, -0.25) is 14.6 Å². The van der Waals surface area contributed by atoms with E-state index in [2.05, 4.69) is 25.9 Å². The van der Waals surface area contributed by atoms with E-state index in [9.17, 15) is 29.4 Å². The molecule has 1 aliphatic heterocycles. The van der Waals surface area contributed by atoms with Crippen LogP contribution in [0.3, 0.4) is 0 Å². The molecule has 1 aromatic carbocycles. The summed E-state index contributed by atoms with van der Waals surface area (Å²) >= 11 is 0. The maximum Gasteiger partial charge on any atom is 1.00 e. The number of amides is 1. The number of carbonyl (C=O) groups is 3. The van der Waals surface area contributed by atoms with Crippen LogP contribution in [0.5, 0.6) is 0 Å². The molecule has 0 saturated heterocycles. The van der Waals surface area contributed by atoms with E-state index in [1.54, 1.807) is 24.1 Å². The summed E-state index contributed by atoms with van der Waals surface area (Å²) in [5, 5.41) is 30.2. The van der Waals surface area contributed by atoms with Gasteiger partial charge in [0.25, 0.3) is 11.5 Å². The van der Waals surface area contributed by atoms with E-state index in [1.807, 2.05) is 0 Å². The molecule has 0 bridgehead atoms. The number of aromatic amines is 1. The van der Waals surface area contributed by atoms with Crippen LogP contribution in [-0.4, -0.2) is 60.0 Å². The number of carboxylic acid groups (broad SMARTS) is 2. The Kier molecular flexibility index (Phi) is 12.0. The van der Waals surface area contributed by atoms with E-state index in [0.29, 0.717) is 30.3 Å². The number of anilines is 4. The number of nitrogens with zero attached hydrogens (tertiary/aromatic N) is 2. The predicted molar refractivity (Wildman–Crippen MR) is 115 cm³/mol. The van der Waals surface area contributed by atoms with Gasteiger partial charge < -0.3 is 46.4 Å². The summed E-state index contributed by atoms with van der Waals surface area (Å²) in [6.45, 7) is 0.984. The van der Waals surface area contributed by atoms with Gasteiger partial charge in [0.2, 0.25) is 5.95 Å². The minimum absolute atomic E-state index is 0. The van der Waals surface area contributed by atoms with Crippen molar-refractivity contribution >= 4 is 41.0 Å². The molecule has 0 spiro atoms. The molecule has 0 aliphatic carbocycles. The average Bonchev–Trinajstić information content (AvgIpc) is 2.75. The first-order valence-electron chi connectivity index (χ1n) is 10.1. The maximum absolute atomic E-state index is 12.3. The Morgan fingerprint density at radius 3 is 2.49 bits per heavy atom. The summed E-state index contributed by atoms with van der Waals surface area (Å²) in [5.41, 5.74) is 6.51. The number of likely N-dealkylation sites (N-methyl/N-ethyl adjacent to an activating group) is 1. The van der Waals surface area contributed by atoms with E-state index in [0.717, 1.165) is 0 Å². The first kappa shape index (κ1) is 30.7. The fraction of sp³-hybridized carbons (Fsp3) is 0.350. The maximum atomic E-state index is 12.3. The number of benzene rings is 1. The molecule has 1 amide bonds. The number of aromatic nitrogens is 2. The van der Waals surface area contributed by atoms with Crippen LogP contribution in [0.25, 0.3) is 0 Å². The number of carboxylic acids is 2. The molecule has 2 heterocycles. The molecule has 13 nitrogen and oxygen atoms in total. The van der Waals surface area contributed by atoms with Gasteiger partial charge in [0.15, 0.2) is 5.82 Å². The third-order valence-corrected chi connectivity index (χ3v) is 5.23. The standard InChI is InChI=1S/C20H25N7O6.2Na/c1-27-12(9-23-16-15(27)18(31)26-20(21)25-16)8-22-11-4-2-10(3-5-11)17(30)24-13(19(32)33)6-7-14(28)29;;/h2-5,12-13,22H,6-9H2,1H3,(H,24,30)(H,28,29)(H,32,33)(H4,21,23,25,26,31);;/q;2*+1/p-2. The van der Waals surface area contributed by atoms with Crippen molar-refractivity contribution in [2.24, 2.45) is 0 Å². The van der Waals surface area contributed by atoms with Crippen LogP contribution in [0.1, 0.15) is 23.2 Å². The SMILES string of the molecule is CN1c2c(nc(N)[nH]c2=O)NCC1CNc1ccc(C(=O)NC(CCC(=O)[O-])C(=O)[O-])cc1.[Na+].[Na+]. The van der Waals surface area contributed by atoms with Crippen LogP contribution in [-0.2, 0) is 9.59 Å². The van der Waals surface area contributed by atoms with Crippen LogP contribution in [0.4, 0.5) is 23.1 Å². The molecular formula is C20H23N7Na2O6. The first-order chi connectivity index (χ1) is 15.7. The zero-order valence-electron chi connectivity index (χ0n) is 19.7. The average molecular weight is 503 g/mol. The molecule has 0 radical (unpaired) electrons. The number of nitrogens with one attached hydrogen (secondary N) is 4. The van der Waals surface area contributed by atoms with Gasteiger partial charge in [-0.25, -0.2) is 0 Å². The van der Waals surface area contributed by atoms with Gasteiger partial charge in [0, 0.05) is 37.4 Å². The van der Waals surface area contributed by atoms with Gasteiger partial charge in [0.1, 0.15) is 5.69 Å². The molecule has 15 heteroatoms. The second-order valence-electron chi connectivity index (χ2n) is 7.51. The van der Waals surface area contributed by atoms with Crippen molar-refractivity contribution in [2.45, 2.75) is 24.9 Å². The number of hydrogen-bond donors (Lipinski definition) is 5. The molecule has 3 rings (SSSR count). The Bertz CT molecular complexity index is 1110. The monoisotopic (exact) mass is 503 g/mol. The molecular weight excluding hydrogens is 480 g/mol. The Hall–Kier alpha value is -2.29. The van der Waals surface area contributed by atoms with Gasteiger partial charge in [-0.15, -0.1) is 0 Å². The van der Waals surface area contributed by atoms with E-state index in [-0.39, 0.29) is 88.6 Å². The van der Waals surface area contributed by atoms with Crippen LogP contribution >= 0.6 is 0 Å². The minimum atomic E-state index is -1.58. The number of aliphatic carboxylic acids is 2. The number of H-pyrrole nitrogens is 1. The quantitative estimate of drug-likeness (QED) is 0.203. The number of carbonyl (C=O) groups excluding carboxylic acids is 3. The van der Waals surface area contributed by atoms with Crippen LogP contribution in [0.15, 0.2) is 29.1 Å². The Morgan fingerprint density at radius 1 is 1.23 bits per heavy atom. The van der Waals surface area contributed by atoms with Gasteiger partial charge >= 0.3 is 59.1 Å². The molecule has 2 unspecified atom stereocenters. The fourth-order valence-corrected chi connectivity index (χ4v) is 3.41. The van der Waals surface area contributed by atoms with Crippen molar-refractivity contribution < 1.29 is 83.7 Å². The van der Waals surface area contributed by atoms with E-state index < -0.39 is 30.3 Å². The largest absolute Gasteiger partial charge is 1.00 e. The van der Waals surface area contributed by atoms with E-state index in [4.69, 9.17) is 5.73 Å². The summed E-state index contributed by atoms with van der Waals surface area (Å²) in [7, 11) is 1.78. The number of nitrogen functional groups attached to an aromatic ring is 1. The smallest absolute Gasteiger partial charge is 0.550 e. The van der Waals surface area contributed by atoms with Crippen LogP contribution < -0.4 is 101 Å². The number of fused-ring (bicyclic) bond motifs is 1. The second-order valence-corrected chi connectivity index (χ2v) is 7.51. The zero-order chi connectivity index (χ0) is 24.1. The third-order valence-electron chi connectivity index (χ3n) is 5.23. The molecule has 1 aliphatic rings. The van der Waals surface area contributed by atoms with Crippen molar-refractivity contribution in [2.75, 3.05) is 41.4 Å². The summed E-state index contributed by atoms with van der Waals surface area (Å²) in [5.74, 6) is -3.22. The van der Waals surface area contributed by atoms with Crippen molar-refractivity contribution in [3.63, 3.8) is 0 Å². The molecule has 2 atom stereocenters. The van der Waals surface area contributed by atoms with Gasteiger partial charge in [-0.2, -0.15) is 4.98 Å². The second kappa shape index (κ2) is 13.7. The number of nitrogens with two attached hydrogens (primary N) is 1. The molecule has 6 N–H and O–H groups in total. The molecule has 35 heavy (non-hydrogen) atoms. The normalized spacial score (nSPS) is 14.8. The number of rotatable bonds is 9. The number of hydrogen-bond acceptors (Lipinski definition) is 11. The first-order valence-corrected chi connectivity index (χ1v) is 10.1. The zero-order valence-corrected chi connectivity index (χ0v) is 23.7. The Labute approximate surface area is 244 Å². The summed E-state index contributed by atoms with van der Waals surface area (Å²) in [4.78, 5) is 54.5. The Morgan fingerprint density at radius 2 is 1.89 bits per heavy atom. The van der Waals surface area contributed by atoms with Crippen molar-refractivity contribution in [1.82, 2.24) is 15.3 Å². The summed E-state index contributed by atoms with van der Waals surface area (Å²) < 4.78 is 0. The molecule has 0 saturated carbocycles. The molecule has 0 fully saturated rings. The Balaban J connectivity index is 0.00000306. The predicted octanol–water partition coefficient (Wildman–Crippen LogP) is -8.92.